The third kappa shape index (κ3) is 4.61. The van der Waals surface area contributed by atoms with Crippen LogP contribution in [0.3, 0.4) is 0 Å². The molecule has 0 aliphatic carbocycles. The normalized spacial score (nSPS) is 10.4. The highest BCUT2D eigenvalue weighted by atomic mass is 35.5. The van der Waals surface area contributed by atoms with Crippen molar-refractivity contribution in [2.75, 3.05) is 17.2 Å². The fourth-order valence-electron chi connectivity index (χ4n) is 1.87. The second-order valence-corrected chi connectivity index (χ2v) is 5.66. The summed E-state index contributed by atoms with van der Waals surface area (Å²) < 4.78 is 13.0. The standard InChI is InChI=1S/C16H15Cl2FN2O/c1-10-2-3-11(17)8-15(10)21-16(22)6-7-20-12-4-5-14(19)13(18)9-12/h2-5,8-9,20H,6-7H2,1H3,(H,21,22). The van der Waals surface area contributed by atoms with Crippen LogP contribution in [0.4, 0.5) is 15.8 Å². The molecule has 0 spiro atoms. The average Bonchev–Trinajstić information content (AvgIpc) is 2.47. The van der Waals surface area contributed by atoms with Gasteiger partial charge in [-0.05, 0) is 42.8 Å². The fraction of sp³-hybridized carbons (Fsp3) is 0.188. The van der Waals surface area contributed by atoms with E-state index in [2.05, 4.69) is 10.6 Å². The molecular formula is C16H15Cl2FN2O. The van der Waals surface area contributed by atoms with Crippen LogP contribution < -0.4 is 10.6 Å². The van der Waals surface area contributed by atoms with Crippen molar-refractivity contribution in [3.63, 3.8) is 0 Å². The lowest BCUT2D eigenvalue weighted by molar-refractivity contribution is -0.115. The van der Waals surface area contributed by atoms with E-state index in [1.165, 1.54) is 12.1 Å². The van der Waals surface area contributed by atoms with Gasteiger partial charge in [0.05, 0.1) is 5.02 Å². The summed E-state index contributed by atoms with van der Waals surface area (Å²) in [6, 6.07) is 9.65. The molecule has 0 bridgehead atoms. The smallest absolute Gasteiger partial charge is 0.226 e. The Balaban J connectivity index is 1.85. The number of nitrogens with one attached hydrogen (secondary N) is 2. The molecule has 0 aliphatic rings. The first-order chi connectivity index (χ1) is 10.5. The van der Waals surface area contributed by atoms with E-state index in [0.29, 0.717) is 22.9 Å². The number of aryl methyl sites for hydroxylation is 1. The Kier molecular flexibility index (Phi) is 5.63. The molecule has 2 rings (SSSR count). The van der Waals surface area contributed by atoms with E-state index < -0.39 is 5.82 Å². The first-order valence-electron chi connectivity index (χ1n) is 6.70. The van der Waals surface area contributed by atoms with Gasteiger partial charge in [0.25, 0.3) is 0 Å². The number of anilines is 2. The molecule has 0 fully saturated rings. The number of hydrogen-bond donors (Lipinski definition) is 2. The molecule has 6 heteroatoms. The second-order valence-electron chi connectivity index (χ2n) is 4.81. The van der Waals surface area contributed by atoms with Crippen LogP contribution in [-0.2, 0) is 4.79 Å². The second kappa shape index (κ2) is 7.47. The van der Waals surface area contributed by atoms with Gasteiger partial charge in [-0.15, -0.1) is 0 Å². The number of carbonyl (C=O) groups is 1. The molecule has 0 unspecified atom stereocenters. The Hall–Kier alpha value is -1.78. The maximum Gasteiger partial charge on any atom is 0.226 e. The van der Waals surface area contributed by atoms with E-state index in [9.17, 15) is 9.18 Å². The van der Waals surface area contributed by atoms with Crippen molar-refractivity contribution >= 4 is 40.5 Å². The van der Waals surface area contributed by atoms with Crippen LogP contribution in [-0.4, -0.2) is 12.5 Å². The number of rotatable bonds is 5. The Morgan fingerprint density at radius 3 is 2.68 bits per heavy atom. The summed E-state index contributed by atoms with van der Waals surface area (Å²) in [6.45, 7) is 2.30. The number of amides is 1. The lowest BCUT2D eigenvalue weighted by atomic mass is 10.2. The van der Waals surface area contributed by atoms with Crippen LogP contribution in [0.5, 0.6) is 0 Å². The van der Waals surface area contributed by atoms with E-state index in [-0.39, 0.29) is 17.4 Å². The first kappa shape index (κ1) is 16.6. The number of benzene rings is 2. The predicted octanol–water partition coefficient (Wildman–Crippen LogP) is 4.88. The van der Waals surface area contributed by atoms with Gasteiger partial charge in [0.2, 0.25) is 5.91 Å². The van der Waals surface area contributed by atoms with Crippen LogP contribution in [0, 0.1) is 12.7 Å². The molecule has 1 amide bonds. The summed E-state index contributed by atoms with van der Waals surface area (Å²) in [7, 11) is 0. The van der Waals surface area contributed by atoms with Gasteiger partial charge < -0.3 is 10.6 Å². The summed E-state index contributed by atoms with van der Waals surface area (Å²) in [6.07, 6.45) is 0.265. The van der Waals surface area contributed by atoms with Gasteiger partial charge in [-0.2, -0.15) is 0 Å². The monoisotopic (exact) mass is 340 g/mol. The lowest BCUT2D eigenvalue weighted by Crippen LogP contribution is -2.16. The van der Waals surface area contributed by atoms with Gasteiger partial charge in [-0.25, -0.2) is 4.39 Å². The molecule has 0 aromatic heterocycles. The number of carbonyl (C=O) groups excluding carboxylic acids is 1. The molecule has 22 heavy (non-hydrogen) atoms. The van der Waals surface area contributed by atoms with Crippen LogP contribution >= 0.6 is 23.2 Å². The van der Waals surface area contributed by atoms with Gasteiger partial charge in [-0.3, -0.25) is 4.79 Å². The maximum absolute atomic E-state index is 13.0. The summed E-state index contributed by atoms with van der Waals surface area (Å²) in [5.41, 5.74) is 2.30. The molecule has 3 nitrogen and oxygen atoms in total. The lowest BCUT2D eigenvalue weighted by Gasteiger charge is -2.10. The van der Waals surface area contributed by atoms with Crippen LogP contribution in [0.2, 0.25) is 10.0 Å². The third-order valence-corrected chi connectivity index (χ3v) is 3.60. The van der Waals surface area contributed by atoms with Crippen LogP contribution in [0.25, 0.3) is 0 Å². The highest BCUT2D eigenvalue weighted by Gasteiger charge is 2.06. The molecule has 0 atom stereocenters. The Morgan fingerprint density at radius 1 is 1.18 bits per heavy atom. The minimum Gasteiger partial charge on any atom is -0.384 e. The van der Waals surface area contributed by atoms with Crippen molar-refractivity contribution < 1.29 is 9.18 Å². The molecule has 2 aromatic carbocycles. The van der Waals surface area contributed by atoms with Crippen molar-refractivity contribution in [2.24, 2.45) is 0 Å². The van der Waals surface area contributed by atoms with Crippen LogP contribution in [0.1, 0.15) is 12.0 Å². The predicted molar refractivity (Wildman–Crippen MR) is 89.3 cm³/mol. The van der Waals surface area contributed by atoms with Crippen molar-refractivity contribution in [3.05, 3.63) is 57.8 Å². The van der Waals surface area contributed by atoms with Gasteiger partial charge >= 0.3 is 0 Å². The van der Waals surface area contributed by atoms with Crippen molar-refractivity contribution in [3.8, 4) is 0 Å². The van der Waals surface area contributed by atoms with Gasteiger partial charge in [0.1, 0.15) is 5.82 Å². The maximum atomic E-state index is 13.0. The fourth-order valence-corrected chi connectivity index (χ4v) is 2.22. The molecule has 0 heterocycles. The Labute approximate surface area is 138 Å². The van der Waals surface area contributed by atoms with E-state index in [0.717, 1.165) is 5.56 Å². The molecular weight excluding hydrogens is 326 g/mol. The van der Waals surface area contributed by atoms with E-state index in [1.54, 1.807) is 18.2 Å². The molecule has 2 N–H and O–H groups in total. The highest BCUT2D eigenvalue weighted by molar-refractivity contribution is 6.31. The minimum absolute atomic E-state index is 0.0454. The zero-order valence-electron chi connectivity index (χ0n) is 11.9. The molecule has 0 saturated heterocycles. The Morgan fingerprint density at radius 2 is 1.95 bits per heavy atom. The van der Waals surface area contributed by atoms with Crippen molar-refractivity contribution in [1.29, 1.82) is 0 Å². The quantitative estimate of drug-likeness (QED) is 0.814. The van der Waals surface area contributed by atoms with Crippen molar-refractivity contribution in [2.45, 2.75) is 13.3 Å². The van der Waals surface area contributed by atoms with Crippen LogP contribution in [0.15, 0.2) is 36.4 Å². The SMILES string of the molecule is Cc1ccc(Cl)cc1NC(=O)CCNc1ccc(F)c(Cl)c1. The zero-order chi connectivity index (χ0) is 16.1. The van der Waals surface area contributed by atoms with Crippen molar-refractivity contribution in [1.82, 2.24) is 0 Å². The molecule has 0 saturated carbocycles. The first-order valence-corrected chi connectivity index (χ1v) is 7.46. The summed E-state index contributed by atoms with van der Waals surface area (Å²) in [5, 5.41) is 6.44. The van der Waals surface area contributed by atoms with E-state index >= 15 is 0 Å². The van der Waals surface area contributed by atoms with Gasteiger partial charge in [0, 0.05) is 29.4 Å². The van der Waals surface area contributed by atoms with Gasteiger partial charge in [-0.1, -0.05) is 29.3 Å². The molecule has 2 aromatic rings. The number of halogens is 3. The Bertz CT molecular complexity index is 692. The van der Waals surface area contributed by atoms with E-state index in [1.807, 2.05) is 13.0 Å². The largest absolute Gasteiger partial charge is 0.384 e. The van der Waals surface area contributed by atoms with E-state index in [4.69, 9.17) is 23.2 Å². The summed E-state index contributed by atoms with van der Waals surface area (Å²) in [5.74, 6) is -0.604. The molecule has 0 aliphatic heterocycles. The average molecular weight is 341 g/mol. The molecule has 0 radical (unpaired) electrons. The third-order valence-electron chi connectivity index (χ3n) is 3.07. The zero-order valence-corrected chi connectivity index (χ0v) is 13.4. The number of hydrogen-bond acceptors (Lipinski definition) is 2. The minimum atomic E-state index is -0.471. The summed E-state index contributed by atoms with van der Waals surface area (Å²) >= 11 is 11.6. The topological polar surface area (TPSA) is 41.1 Å². The molecule has 116 valence electrons. The summed E-state index contributed by atoms with van der Waals surface area (Å²) in [4.78, 5) is 11.9. The van der Waals surface area contributed by atoms with Gasteiger partial charge in [0.15, 0.2) is 0 Å². The highest BCUT2D eigenvalue weighted by Crippen LogP contribution is 2.21.